The minimum Gasteiger partial charge on any atom is -0.378 e. The first kappa shape index (κ1) is 12.5. The van der Waals surface area contributed by atoms with Gasteiger partial charge in [-0.25, -0.2) is 0 Å². The number of benzene rings is 1. The summed E-state index contributed by atoms with van der Waals surface area (Å²) in [6.45, 7) is 3.48. The zero-order valence-electron chi connectivity index (χ0n) is 10.0. The minimum atomic E-state index is 0.585. The van der Waals surface area contributed by atoms with Crippen molar-refractivity contribution < 1.29 is 0 Å². The van der Waals surface area contributed by atoms with E-state index in [1.54, 1.807) is 24.4 Å². The molecular formula is C13H13ClN4. The Labute approximate surface area is 111 Å². The van der Waals surface area contributed by atoms with Crippen LogP contribution in [0, 0.1) is 11.3 Å². The molecule has 0 fully saturated rings. The van der Waals surface area contributed by atoms with E-state index in [0.29, 0.717) is 17.1 Å². The fourth-order valence-corrected chi connectivity index (χ4v) is 1.91. The van der Waals surface area contributed by atoms with Crippen LogP contribution >= 0.6 is 11.6 Å². The molecule has 1 N–H and O–H groups in total. The van der Waals surface area contributed by atoms with Gasteiger partial charge in [0.2, 0.25) is 0 Å². The molecule has 0 amide bonds. The summed E-state index contributed by atoms with van der Waals surface area (Å²) < 4.78 is 1.91. The Kier molecular flexibility index (Phi) is 3.85. The normalized spacial score (nSPS) is 10.1. The van der Waals surface area contributed by atoms with Crippen LogP contribution in [0.25, 0.3) is 0 Å². The van der Waals surface area contributed by atoms with Crippen LogP contribution in [0.1, 0.15) is 18.2 Å². The molecule has 0 saturated heterocycles. The molecule has 92 valence electrons. The van der Waals surface area contributed by atoms with Gasteiger partial charge in [-0.2, -0.15) is 10.4 Å². The Balaban J connectivity index is 2.15. The molecule has 0 aliphatic carbocycles. The smallest absolute Gasteiger partial charge is 0.101 e. The van der Waals surface area contributed by atoms with Crippen LogP contribution in [0.4, 0.5) is 5.69 Å². The second kappa shape index (κ2) is 5.56. The topological polar surface area (TPSA) is 53.6 Å². The Morgan fingerprint density at radius 2 is 2.28 bits per heavy atom. The molecule has 0 bridgehead atoms. The molecule has 1 aromatic heterocycles. The first-order valence-electron chi connectivity index (χ1n) is 5.68. The minimum absolute atomic E-state index is 0.585. The van der Waals surface area contributed by atoms with Gasteiger partial charge in [-0.1, -0.05) is 11.6 Å². The van der Waals surface area contributed by atoms with Crippen molar-refractivity contribution >= 4 is 17.3 Å². The number of aryl methyl sites for hydroxylation is 1. The number of nitrogens with zero attached hydrogens (tertiary/aromatic N) is 3. The molecule has 0 atom stereocenters. The van der Waals surface area contributed by atoms with Crippen molar-refractivity contribution in [3.05, 3.63) is 46.7 Å². The van der Waals surface area contributed by atoms with Gasteiger partial charge >= 0.3 is 0 Å². The quantitative estimate of drug-likeness (QED) is 0.919. The lowest BCUT2D eigenvalue weighted by Crippen LogP contribution is -2.08. The van der Waals surface area contributed by atoms with Crippen LogP contribution < -0.4 is 5.32 Å². The van der Waals surface area contributed by atoms with Crippen molar-refractivity contribution in [3.8, 4) is 6.07 Å². The third-order valence-corrected chi connectivity index (χ3v) is 2.90. The number of nitriles is 1. The number of anilines is 1. The predicted octanol–water partition coefficient (Wildman–Crippen LogP) is 3.04. The Bertz CT molecular complexity index is 583. The van der Waals surface area contributed by atoms with Crippen molar-refractivity contribution in [2.45, 2.75) is 20.0 Å². The Morgan fingerprint density at radius 3 is 3.00 bits per heavy atom. The summed E-state index contributed by atoms with van der Waals surface area (Å²) in [6.07, 6.45) is 1.77. The fraction of sp³-hybridized carbons (Fsp3) is 0.231. The van der Waals surface area contributed by atoms with Crippen molar-refractivity contribution in [2.24, 2.45) is 0 Å². The highest BCUT2D eigenvalue weighted by atomic mass is 35.5. The molecule has 2 aromatic rings. The van der Waals surface area contributed by atoms with Crippen LogP contribution in [0.15, 0.2) is 30.5 Å². The van der Waals surface area contributed by atoms with Crippen molar-refractivity contribution in [1.82, 2.24) is 9.78 Å². The molecule has 18 heavy (non-hydrogen) atoms. The Hall–Kier alpha value is -1.99. The third kappa shape index (κ3) is 2.63. The second-order valence-electron chi connectivity index (χ2n) is 3.79. The summed E-state index contributed by atoms with van der Waals surface area (Å²) in [4.78, 5) is 0. The first-order chi connectivity index (χ1) is 8.74. The van der Waals surface area contributed by atoms with E-state index in [-0.39, 0.29) is 0 Å². The summed E-state index contributed by atoms with van der Waals surface area (Å²) >= 11 is 5.93. The maximum Gasteiger partial charge on any atom is 0.101 e. The average Bonchev–Trinajstić information content (AvgIpc) is 2.84. The SMILES string of the molecule is CCn1nccc1CNc1cc(Cl)ccc1C#N. The van der Waals surface area contributed by atoms with Gasteiger partial charge in [0.15, 0.2) is 0 Å². The summed E-state index contributed by atoms with van der Waals surface area (Å²) in [6, 6.07) is 9.27. The lowest BCUT2D eigenvalue weighted by Gasteiger charge is -2.09. The van der Waals surface area contributed by atoms with Crippen LogP contribution in [0.2, 0.25) is 5.02 Å². The molecule has 2 rings (SSSR count). The number of halogens is 1. The van der Waals surface area contributed by atoms with Crippen molar-refractivity contribution in [1.29, 1.82) is 5.26 Å². The van der Waals surface area contributed by atoms with Crippen LogP contribution in [0.3, 0.4) is 0 Å². The summed E-state index contributed by atoms with van der Waals surface area (Å²) in [7, 11) is 0. The number of rotatable bonds is 4. The van der Waals surface area contributed by atoms with E-state index in [0.717, 1.165) is 17.9 Å². The first-order valence-corrected chi connectivity index (χ1v) is 6.06. The standard InChI is InChI=1S/C13H13ClN4/c1-2-18-12(5-6-17-18)9-16-13-7-11(14)4-3-10(13)8-15/h3-7,16H,2,9H2,1H3. The predicted molar refractivity (Wildman–Crippen MR) is 71.4 cm³/mol. The van der Waals surface area contributed by atoms with E-state index in [1.165, 1.54) is 0 Å². The molecule has 1 aromatic carbocycles. The molecule has 0 unspecified atom stereocenters. The van der Waals surface area contributed by atoms with Gasteiger partial charge < -0.3 is 5.32 Å². The van der Waals surface area contributed by atoms with Gasteiger partial charge in [-0.15, -0.1) is 0 Å². The van der Waals surface area contributed by atoms with Gasteiger partial charge in [0.25, 0.3) is 0 Å². The van der Waals surface area contributed by atoms with Crippen molar-refractivity contribution in [3.63, 3.8) is 0 Å². The number of hydrogen-bond donors (Lipinski definition) is 1. The fourth-order valence-electron chi connectivity index (χ4n) is 1.74. The number of hydrogen-bond acceptors (Lipinski definition) is 3. The van der Waals surface area contributed by atoms with E-state index in [4.69, 9.17) is 16.9 Å². The summed E-state index contributed by atoms with van der Waals surface area (Å²) in [5.41, 5.74) is 2.40. The van der Waals surface area contributed by atoms with Gasteiger partial charge in [-0.05, 0) is 31.2 Å². The third-order valence-electron chi connectivity index (χ3n) is 2.67. The van der Waals surface area contributed by atoms with E-state index in [2.05, 4.69) is 16.5 Å². The molecule has 1 heterocycles. The largest absolute Gasteiger partial charge is 0.378 e. The van der Waals surface area contributed by atoms with E-state index >= 15 is 0 Å². The number of aromatic nitrogens is 2. The van der Waals surface area contributed by atoms with Gasteiger partial charge in [0, 0.05) is 17.8 Å². The maximum absolute atomic E-state index is 9.02. The van der Waals surface area contributed by atoms with Gasteiger partial charge in [0.1, 0.15) is 6.07 Å². The molecule has 0 aliphatic heterocycles. The van der Waals surface area contributed by atoms with E-state index in [9.17, 15) is 0 Å². The van der Waals surface area contributed by atoms with Gasteiger partial charge in [-0.3, -0.25) is 4.68 Å². The molecule has 5 heteroatoms. The Morgan fingerprint density at radius 1 is 1.44 bits per heavy atom. The lowest BCUT2D eigenvalue weighted by atomic mass is 10.2. The zero-order chi connectivity index (χ0) is 13.0. The summed E-state index contributed by atoms with van der Waals surface area (Å²) in [5, 5.41) is 17.0. The van der Waals surface area contributed by atoms with Crippen molar-refractivity contribution in [2.75, 3.05) is 5.32 Å². The lowest BCUT2D eigenvalue weighted by molar-refractivity contribution is 0.627. The zero-order valence-corrected chi connectivity index (χ0v) is 10.8. The number of nitrogens with one attached hydrogen (secondary N) is 1. The van der Waals surface area contributed by atoms with E-state index in [1.807, 2.05) is 17.7 Å². The van der Waals surface area contributed by atoms with Gasteiger partial charge in [0.05, 0.1) is 23.5 Å². The monoisotopic (exact) mass is 260 g/mol. The highest BCUT2D eigenvalue weighted by Crippen LogP contribution is 2.21. The maximum atomic E-state index is 9.02. The molecule has 0 aliphatic rings. The van der Waals surface area contributed by atoms with Crippen LogP contribution in [-0.4, -0.2) is 9.78 Å². The molecule has 0 spiro atoms. The highest BCUT2D eigenvalue weighted by molar-refractivity contribution is 6.30. The second-order valence-corrected chi connectivity index (χ2v) is 4.23. The molecule has 4 nitrogen and oxygen atoms in total. The molecular weight excluding hydrogens is 248 g/mol. The van der Waals surface area contributed by atoms with E-state index < -0.39 is 0 Å². The van der Waals surface area contributed by atoms with Crippen LogP contribution in [0.5, 0.6) is 0 Å². The molecule has 0 radical (unpaired) electrons. The summed E-state index contributed by atoms with van der Waals surface area (Å²) in [5.74, 6) is 0. The average molecular weight is 261 g/mol. The molecule has 0 saturated carbocycles. The highest BCUT2D eigenvalue weighted by Gasteiger charge is 2.05. The van der Waals surface area contributed by atoms with Crippen LogP contribution in [-0.2, 0) is 13.1 Å².